The van der Waals surface area contributed by atoms with Crippen molar-refractivity contribution in [1.82, 2.24) is 0 Å². The maximum atomic E-state index is 17.3. The Balaban J connectivity index is 1.67. The molecule has 4 fully saturated rings. The van der Waals surface area contributed by atoms with E-state index < -0.39 is 76.3 Å². The molecule has 9 atom stereocenters. The van der Waals surface area contributed by atoms with Crippen molar-refractivity contribution in [2.75, 3.05) is 6.61 Å². The van der Waals surface area contributed by atoms with Crippen molar-refractivity contribution in [2.45, 2.75) is 82.4 Å². The molecule has 0 spiro atoms. The number of aliphatic hydroxyl groups is 2. The van der Waals surface area contributed by atoms with E-state index in [1.54, 1.807) is 20.8 Å². The fourth-order valence-electron chi connectivity index (χ4n) is 7.97. The van der Waals surface area contributed by atoms with Gasteiger partial charge in [0, 0.05) is 16.7 Å². The second-order valence-corrected chi connectivity index (χ2v) is 11.5. The van der Waals surface area contributed by atoms with Crippen molar-refractivity contribution in [3.8, 4) is 0 Å². The highest BCUT2D eigenvalue weighted by molar-refractivity contribution is 6.44. The van der Waals surface area contributed by atoms with Crippen molar-refractivity contribution in [1.29, 1.82) is 0 Å². The highest BCUT2D eigenvalue weighted by atomic mass is 35.5. The Morgan fingerprint density at radius 3 is 2.55 bits per heavy atom. The van der Waals surface area contributed by atoms with Crippen molar-refractivity contribution in [3.63, 3.8) is 0 Å². The van der Waals surface area contributed by atoms with E-state index in [0.717, 1.165) is 6.08 Å². The van der Waals surface area contributed by atoms with Crippen LogP contribution in [-0.4, -0.2) is 63.8 Å². The summed E-state index contributed by atoms with van der Waals surface area (Å²) in [4.78, 5) is 25.3. The maximum absolute atomic E-state index is 17.3. The van der Waals surface area contributed by atoms with Crippen molar-refractivity contribution in [3.05, 3.63) is 22.8 Å². The molecule has 2 N–H and O–H groups in total. The first-order chi connectivity index (χ1) is 15.2. The van der Waals surface area contributed by atoms with Crippen LogP contribution < -0.4 is 0 Å². The fourth-order valence-corrected chi connectivity index (χ4v) is 8.25. The first-order valence-corrected chi connectivity index (χ1v) is 11.7. The van der Waals surface area contributed by atoms with E-state index in [2.05, 4.69) is 0 Å². The number of carbonyl (C=O) groups is 2. The Hall–Kier alpha value is -1.19. The molecule has 0 radical (unpaired) electrons. The Morgan fingerprint density at radius 2 is 1.91 bits per heavy atom. The molecule has 0 aromatic rings. The number of hydrogen-bond acceptors (Lipinski definition) is 6. The van der Waals surface area contributed by atoms with E-state index >= 15 is 8.78 Å². The molecule has 0 aromatic heterocycles. The van der Waals surface area contributed by atoms with Crippen molar-refractivity contribution in [2.24, 2.45) is 22.7 Å². The van der Waals surface area contributed by atoms with Gasteiger partial charge in [-0.15, -0.1) is 0 Å². The predicted molar refractivity (Wildman–Crippen MR) is 114 cm³/mol. The van der Waals surface area contributed by atoms with Crippen molar-refractivity contribution >= 4 is 23.2 Å². The number of alkyl halides is 2. The summed E-state index contributed by atoms with van der Waals surface area (Å²) in [5, 5.41) is 21.0. The Bertz CT molecular complexity index is 1010. The number of ketones is 2. The molecular formula is C24H29ClF2O6. The SMILES string of the molecule is CC1(C)OC2C[C@H]3[C@@H]4C[C@H](F)C5=CC(=O)C(Cl)=C[C@]5(C)[C@@]4(F)[C@@H](O)C[C@]3(C)[C@]2(C(=O)CO)O1. The number of hydrogen-bond donors (Lipinski definition) is 2. The molecule has 1 unspecified atom stereocenters. The maximum Gasteiger partial charge on any atom is 0.196 e. The molecule has 1 aliphatic heterocycles. The van der Waals surface area contributed by atoms with E-state index in [1.807, 2.05) is 0 Å². The van der Waals surface area contributed by atoms with Gasteiger partial charge in [0.2, 0.25) is 0 Å². The van der Waals surface area contributed by atoms with Crippen LogP contribution in [0.25, 0.3) is 0 Å². The number of rotatable bonds is 2. The minimum Gasteiger partial charge on any atom is -0.390 e. The molecule has 1 heterocycles. The van der Waals surface area contributed by atoms with Gasteiger partial charge in [0.1, 0.15) is 12.8 Å². The zero-order chi connectivity index (χ0) is 24.4. The van der Waals surface area contributed by atoms with Gasteiger partial charge in [-0.05, 0) is 63.7 Å². The van der Waals surface area contributed by atoms with Crippen LogP contribution in [-0.2, 0) is 19.1 Å². The molecule has 0 amide bonds. The Labute approximate surface area is 195 Å². The van der Waals surface area contributed by atoms with Crippen LogP contribution in [0.3, 0.4) is 0 Å². The predicted octanol–water partition coefficient (Wildman–Crippen LogP) is 2.93. The van der Waals surface area contributed by atoms with Gasteiger partial charge in [0.25, 0.3) is 0 Å². The number of halogens is 3. The van der Waals surface area contributed by atoms with Gasteiger partial charge in [0.05, 0.1) is 17.2 Å². The molecule has 3 saturated carbocycles. The Morgan fingerprint density at radius 1 is 1.24 bits per heavy atom. The lowest BCUT2D eigenvalue weighted by molar-refractivity contribution is -0.248. The van der Waals surface area contributed by atoms with Crippen LogP contribution in [0.2, 0.25) is 0 Å². The number of fused-ring (bicyclic) bond motifs is 7. The minimum absolute atomic E-state index is 0.0220. The van der Waals surface area contributed by atoms with Crippen LogP contribution in [0, 0.1) is 22.7 Å². The third-order valence-corrected chi connectivity index (χ3v) is 9.53. The Kier molecular flexibility index (Phi) is 4.80. The average molecular weight is 487 g/mol. The van der Waals surface area contributed by atoms with Crippen LogP contribution in [0.15, 0.2) is 22.8 Å². The lowest BCUT2D eigenvalue weighted by Gasteiger charge is -2.63. The topological polar surface area (TPSA) is 93.1 Å². The first-order valence-electron chi connectivity index (χ1n) is 11.4. The van der Waals surface area contributed by atoms with Crippen LogP contribution >= 0.6 is 11.6 Å². The molecular weight excluding hydrogens is 458 g/mol. The molecule has 0 aromatic carbocycles. The summed E-state index contributed by atoms with van der Waals surface area (Å²) in [6.07, 6.45) is -1.91. The van der Waals surface area contributed by atoms with Gasteiger partial charge >= 0.3 is 0 Å². The molecule has 33 heavy (non-hydrogen) atoms. The summed E-state index contributed by atoms with van der Waals surface area (Å²) >= 11 is 6.08. The van der Waals surface area contributed by atoms with Crippen LogP contribution in [0.1, 0.15) is 47.0 Å². The van der Waals surface area contributed by atoms with E-state index in [-0.39, 0.29) is 29.9 Å². The summed E-state index contributed by atoms with van der Waals surface area (Å²) < 4.78 is 45.0. The second-order valence-electron chi connectivity index (χ2n) is 11.1. The molecule has 5 rings (SSSR count). The lowest BCUT2D eigenvalue weighted by atomic mass is 9.44. The first kappa shape index (κ1) is 23.5. The number of Topliss-reactive ketones (excluding diaryl/α,β-unsaturated/α-hetero) is 1. The molecule has 6 nitrogen and oxygen atoms in total. The van der Waals surface area contributed by atoms with E-state index in [4.69, 9.17) is 21.1 Å². The standard InChI is InChI=1S/C24H29ClF2O6/c1-20(2)32-19-7-11-12-5-15(26)13-6-16(29)14(25)8-21(13,3)23(12,27)17(30)9-22(11,4)24(19,33-20)18(31)10-28/h6,8,11-12,15,17,19,28,30H,5,7,9-10H2,1-4H3/t11-,12-,15-,17-,19?,21-,22-,23-,24+/m0/s1. The summed E-state index contributed by atoms with van der Waals surface area (Å²) in [5.74, 6) is -3.87. The average Bonchev–Trinajstić information content (AvgIpc) is 3.12. The van der Waals surface area contributed by atoms with Crippen LogP contribution in [0.4, 0.5) is 8.78 Å². The highest BCUT2D eigenvalue weighted by Crippen LogP contribution is 2.72. The highest BCUT2D eigenvalue weighted by Gasteiger charge is 2.80. The lowest BCUT2D eigenvalue weighted by Crippen LogP contribution is -2.71. The zero-order valence-corrected chi connectivity index (χ0v) is 19.8. The van der Waals surface area contributed by atoms with Gasteiger partial charge in [-0.2, -0.15) is 0 Å². The molecule has 0 bridgehead atoms. The van der Waals surface area contributed by atoms with E-state index in [9.17, 15) is 19.8 Å². The van der Waals surface area contributed by atoms with Gasteiger partial charge in [0.15, 0.2) is 28.6 Å². The molecule has 5 aliphatic rings. The van der Waals surface area contributed by atoms with Gasteiger partial charge in [-0.25, -0.2) is 8.78 Å². The molecule has 9 heteroatoms. The summed E-state index contributed by atoms with van der Waals surface area (Å²) in [7, 11) is 0. The normalized spacial score (nSPS) is 52.3. The molecule has 4 aliphatic carbocycles. The number of allylic oxidation sites excluding steroid dienone is 4. The number of ether oxygens (including phenoxy) is 2. The molecule has 182 valence electrons. The summed E-state index contributed by atoms with van der Waals surface area (Å²) in [6, 6.07) is 0. The van der Waals surface area contributed by atoms with Crippen LogP contribution in [0.5, 0.6) is 0 Å². The number of carbonyl (C=O) groups excluding carboxylic acids is 2. The van der Waals surface area contributed by atoms with E-state index in [1.165, 1.54) is 13.0 Å². The smallest absolute Gasteiger partial charge is 0.196 e. The van der Waals surface area contributed by atoms with Crippen molar-refractivity contribution < 1.29 is 38.1 Å². The minimum atomic E-state index is -2.33. The van der Waals surface area contributed by atoms with Gasteiger partial charge in [-0.1, -0.05) is 18.5 Å². The summed E-state index contributed by atoms with van der Waals surface area (Å²) in [6.45, 7) is 5.75. The van der Waals surface area contributed by atoms with Gasteiger partial charge in [-0.3, -0.25) is 9.59 Å². The largest absolute Gasteiger partial charge is 0.390 e. The van der Waals surface area contributed by atoms with E-state index in [0.29, 0.717) is 0 Å². The molecule has 1 saturated heterocycles. The third-order valence-electron chi connectivity index (χ3n) is 9.24. The number of aliphatic hydroxyl groups excluding tert-OH is 2. The fraction of sp³-hybridized carbons (Fsp3) is 0.750. The summed E-state index contributed by atoms with van der Waals surface area (Å²) in [5.41, 5.74) is -6.68. The zero-order valence-electron chi connectivity index (χ0n) is 19.0. The quantitative estimate of drug-likeness (QED) is 0.623. The monoisotopic (exact) mass is 486 g/mol. The third kappa shape index (κ3) is 2.57. The second kappa shape index (κ2) is 6.72. The van der Waals surface area contributed by atoms with Gasteiger partial charge < -0.3 is 19.7 Å².